The van der Waals surface area contributed by atoms with Crippen LogP contribution < -0.4 is 0 Å². The summed E-state index contributed by atoms with van der Waals surface area (Å²) in [5.74, 6) is 0.685. The fraction of sp³-hybridized carbons (Fsp3) is 0.385. The first-order valence-corrected chi connectivity index (χ1v) is 5.77. The molecule has 1 nitrogen and oxygen atoms in total. The Balaban J connectivity index is 2.39. The van der Waals surface area contributed by atoms with Crippen LogP contribution in [0.4, 0.5) is 0 Å². The highest BCUT2D eigenvalue weighted by atomic mass is 35.5. The van der Waals surface area contributed by atoms with Crippen LogP contribution in [0.2, 0.25) is 0 Å². The average molecular weight is 222 g/mol. The van der Waals surface area contributed by atoms with Crippen molar-refractivity contribution in [1.82, 2.24) is 4.98 Å². The topological polar surface area (TPSA) is 15.8 Å². The molecule has 0 radical (unpaired) electrons. The van der Waals surface area contributed by atoms with E-state index in [0.717, 1.165) is 6.42 Å². The number of H-pyrrole nitrogens is 1. The molecule has 1 aromatic heterocycles. The van der Waals surface area contributed by atoms with Gasteiger partial charge in [-0.2, -0.15) is 0 Å². The summed E-state index contributed by atoms with van der Waals surface area (Å²) in [5, 5.41) is 1.28. The molecule has 0 spiro atoms. The van der Waals surface area contributed by atoms with E-state index in [4.69, 9.17) is 11.6 Å². The van der Waals surface area contributed by atoms with E-state index in [1.807, 2.05) is 6.20 Å². The van der Waals surface area contributed by atoms with Gasteiger partial charge in [-0.25, -0.2) is 0 Å². The summed E-state index contributed by atoms with van der Waals surface area (Å²) in [5.41, 5.74) is 2.75. The summed E-state index contributed by atoms with van der Waals surface area (Å²) in [6.45, 7) is 4.39. The highest BCUT2D eigenvalue weighted by molar-refractivity contribution is 6.18. The maximum absolute atomic E-state index is 5.96. The molecule has 0 unspecified atom stereocenters. The van der Waals surface area contributed by atoms with Crippen LogP contribution in [-0.2, 0) is 6.42 Å². The number of halogens is 1. The van der Waals surface area contributed by atoms with E-state index < -0.39 is 0 Å². The Hall–Kier alpha value is -0.950. The molecule has 1 heterocycles. The van der Waals surface area contributed by atoms with E-state index in [2.05, 4.69) is 43.1 Å². The Morgan fingerprint density at radius 3 is 2.80 bits per heavy atom. The SMILES string of the molecule is CC(C)(CCl)Cc1cccc2cc[nH]c12. The van der Waals surface area contributed by atoms with Gasteiger partial charge in [-0.3, -0.25) is 0 Å². The first-order chi connectivity index (χ1) is 7.12. The van der Waals surface area contributed by atoms with Gasteiger partial charge in [0, 0.05) is 17.6 Å². The van der Waals surface area contributed by atoms with Crippen molar-refractivity contribution in [2.75, 3.05) is 5.88 Å². The number of rotatable bonds is 3. The van der Waals surface area contributed by atoms with Gasteiger partial charge in [0.15, 0.2) is 0 Å². The normalized spacial score (nSPS) is 12.2. The van der Waals surface area contributed by atoms with Crippen LogP contribution >= 0.6 is 11.6 Å². The largest absolute Gasteiger partial charge is 0.361 e. The van der Waals surface area contributed by atoms with Gasteiger partial charge in [-0.15, -0.1) is 11.6 Å². The molecule has 0 aliphatic carbocycles. The standard InChI is InChI=1S/C13H16ClN/c1-13(2,9-14)8-11-5-3-4-10-6-7-15-12(10)11/h3-7,15H,8-9H2,1-2H3. The van der Waals surface area contributed by atoms with Gasteiger partial charge in [0.25, 0.3) is 0 Å². The molecule has 2 heteroatoms. The molecule has 15 heavy (non-hydrogen) atoms. The van der Waals surface area contributed by atoms with E-state index in [-0.39, 0.29) is 5.41 Å². The number of hydrogen-bond acceptors (Lipinski definition) is 0. The highest BCUT2D eigenvalue weighted by Crippen LogP contribution is 2.27. The third-order valence-corrected chi connectivity index (χ3v) is 3.43. The molecule has 2 aromatic rings. The summed E-state index contributed by atoms with van der Waals surface area (Å²) >= 11 is 5.96. The van der Waals surface area contributed by atoms with Crippen molar-refractivity contribution in [1.29, 1.82) is 0 Å². The molecular weight excluding hydrogens is 206 g/mol. The monoisotopic (exact) mass is 221 g/mol. The molecule has 0 saturated carbocycles. The number of benzene rings is 1. The zero-order valence-electron chi connectivity index (χ0n) is 9.18. The van der Waals surface area contributed by atoms with Gasteiger partial charge in [0.05, 0.1) is 0 Å². The molecule has 0 aliphatic heterocycles. The average Bonchev–Trinajstić information content (AvgIpc) is 2.66. The van der Waals surface area contributed by atoms with Gasteiger partial charge in [0.2, 0.25) is 0 Å². The molecule has 1 N–H and O–H groups in total. The van der Waals surface area contributed by atoms with Crippen LogP contribution in [0.3, 0.4) is 0 Å². The third-order valence-electron chi connectivity index (χ3n) is 2.70. The first kappa shape index (κ1) is 10.6. The van der Waals surface area contributed by atoms with Crippen LogP contribution in [0.1, 0.15) is 19.4 Å². The zero-order chi connectivity index (χ0) is 10.9. The number of hydrogen-bond donors (Lipinski definition) is 1. The van der Waals surface area contributed by atoms with Gasteiger partial charge >= 0.3 is 0 Å². The fourth-order valence-corrected chi connectivity index (χ4v) is 1.95. The summed E-state index contributed by atoms with van der Waals surface area (Å²) in [6, 6.07) is 8.51. The van der Waals surface area contributed by atoms with Crippen LogP contribution in [0.5, 0.6) is 0 Å². The molecule has 1 aromatic carbocycles. The molecule has 0 saturated heterocycles. The summed E-state index contributed by atoms with van der Waals surface area (Å²) in [4.78, 5) is 3.29. The zero-order valence-corrected chi connectivity index (χ0v) is 9.93. The van der Waals surface area contributed by atoms with Crippen molar-refractivity contribution >= 4 is 22.5 Å². The minimum absolute atomic E-state index is 0.154. The van der Waals surface area contributed by atoms with E-state index >= 15 is 0 Å². The lowest BCUT2D eigenvalue weighted by molar-refractivity contribution is 0.419. The predicted molar refractivity (Wildman–Crippen MR) is 66.5 cm³/mol. The van der Waals surface area contributed by atoms with E-state index in [0.29, 0.717) is 5.88 Å². The van der Waals surface area contributed by atoms with E-state index in [1.54, 1.807) is 0 Å². The molecule has 0 fully saturated rings. The Morgan fingerprint density at radius 1 is 1.27 bits per heavy atom. The number of nitrogens with one attached hydrogen (secondary N) is 1. The van der Waals surface area contributed by atoms with Gasteiger partial charge in [-0.05, 0) is 28.9 Å². The predicted octanol–water partition coefficient (Wildman–Crippen LogP) is 3.98. The molecule has 0 atom stereocenters. The molecule has 0 bridgehead atoms. The molecule has 0 aliphatic rings. The summed E-state index contributed by atoms with van der Waals surface area (Å²) in [6.07, 6.45) is 3.00. The Kier molecular flexibility index (Phi) is 2.74. The summed E-state index contributed by atoms with van der Waals surface area (Å²) < 4.78 is 0. The molecule has 80 valence electrons. The second-order valence-electron chi connectivity index (χ2n) is 4.83. The van der Waals surface area contributed by atoms with Crippen molar-refractivity contribution in [3.8, 4) is 0 Å². The number of alkyl halides is 1. The van der Waals surface area contributed by atoms with Crippen LogP contribution in [0.25, 0.3) is 10.9 Å². The van der Waals surface area contributed by atoms with E-state index in [9.17, 15) is 0 Å². The lowest BCUT2D eigenvalue weighted by atomic mass is 9.87. The second kappa shape index (κ2) is 3.90. The minimum Gasteiger partial charge on any atom is -0.361 e. The fourth-order valence-electron chi connectivity index (χ4n) is 1.86. The summed E-state index contributed by atoms with van der Waals surface area (Å²) in [7, 11) is 0. The van der Waals surface area contributed by atoms with E-state index in [1.165, 1.54) is 16.5 Å². The Bertz CT molecular complexity index is 456. The quantitative estimate of drug-likeness (QED) is 0.755. The van der Waals surface area contributed by atoms with Crippen LogP contribution in [0.15, 0.2) is 30.5 Å². The van der Waals surface area contributed by atoms with Crippen LogP contribution in [-0.4, -0.2) is 10.9 Å². The van der Waals surface area contributed by atoms with Crippen molar-refractivity contribution < 1.29 is 0 Å². The number of aromatic amines is 1. The highest BCUT2D eigenvalue weighted by Gasteiger charge is 2.18. The maximum atomic E-state index is 5.96. The minimum atomic E-state index is 0.154. The molecular formula is C13H16ClN. The molecule has 2 rings (SSSR count). The Labute approximate surface area is 95.5 Å². The Morgan fingerprint density at radius 2 is 2.07 bits per heavy atom. The van der Waals surface area contributed by atoms with Crippen molar-refractivity contribution in [3.63, 3.8) is 0 Å². The van der Waals surface area contributed by atoms with Crippen LogP contribution in [0, 0.1) is 5.41 Å². The number of para-hydroxylation sites is 1. The lowest BCUT2D eigenvalue weighted by Gasteiger charge is -2.21. The second-order valence-corrected chi connectivity index (χ2v) is 5.10. The van der Waals surface area contributed by atoms with Crippen molar-refractivity contribution in [2.24, 2.45) is 5.41 Å². The molecule has 0 amide bonds. The lowest BCUT2D eigenvalue weighted by Crippen LogP contribution is -2.16. The van der Waals surface area contributed by atoms with Crippen molar-refractivity contribution in [3.05, 3.63) is 36.0 Å². The van der Waals surface area contributed by atoms with Gasteiger partial charge < -0.3 is 4.98 Å². The first-order valence-electron chi connectivity index (χ1n) is 5.23. The smallest absolute Gasteiger partial charge is 0.0486 e. The number of aromatic nitrogens is 1. The maximum Gasteiger partial charge on any atom is 0.0486 e. The van der Waals surface area contributed by atoms with Gasteiger partial charge in [0.1, 0.15) is 0 Å². The van der Waals surface area contributed by atoms with Crippen molar-refractivity contribution in [2.45, 2.75) is 20.3 Å². The third kappa shape index (κ3) is 2.18. The van der Waals surface area contributed by atoms with Gasteiger partial charge in [-0.1, -0.05) is 32.0 Å². The number of fused-ring (bicyclic) bond motifs is 1.